The Kier molecular flexibility index (Phi) is 8.06. The molecule has 142 valence electrons. The van der Waals surface area contributed by atoms with E-state index in [1.165, 1.54) is 5.56 Å². The summed E-state index contributed by atoms with van der Waals surface area (Å²) in [5.41, 5.74) is 1.22. The van der Waals surface area contributed by atoms with Crippen molar-refractivity contribution in [3.8, 4) is 0 Å². The fraction of sp³-hybridized carbons (Fsp3) is 0.500. The highest BCUT2D eigenvalue weighted by atomic mass is 79.9. The van der Waals surface area contributed by atoms with Gasteiger partial charge >= 0.3 is 0 Å². The highest BCUT2D eigenvalue weighted by Crippen LogP contribution is 2.12. The fourth-order valence-corrected chi connectivity index (χ4v) is 2.67. The van der Waals surface area contributed by atoms with Crippen molar-refractivity contribution in [3.05, 3.63) is 46.0 Å². The quantitative estimate of drug-likeness (QED) is 0.402. The van der Waals surface area contributed by atoms with Crippen LogP contribution in [0.25, 0.3) is 0 Å². The maximum Gasteiger partial charge on any atom is 0.194 e. The number of methoxy groups -OCH3 is 1. The number of aliphatic imine (C=N–C) groups is 1. The first-order valence-electron chi connectivity index (χ1n) is 8.59. The summed E-state index contributed by atoms with van der Waals surface area (Å²) in [6.07, 6.45) is 0.921. The van der Waals surface area contributed by atoms with Crippen LogP contribution in [0.1, 0.15) is 23.6 Å². The molecular weight excluding hydrogens is 396 g/mol. The average Bonchev–Trinajstić information content (AvgIpc) is 2.95. The summed E-state index contributed by atoms with van der Waals surface area (Å²) in [4.78, 5) is 6.85. The first-order chi connectivity index (χ1) is 12.5. The molecule has 0 atom stereocenters. The van der Waals surface area contributed by atoms with Crippen molar-refractivity contribution in [1.29, 1.82) is 0 Å². The van der Waals surface area contributed by atoms with Crippen molar-refractivity contribution < 1.29 is 4.74 Å². The predicted molar refractivity (Wildman–Crippen MR) is 107 cm³/mol. The van der Waals surface area contributed by atoms with Crippen LogP contribution in [0, 0.1) is 6.92 Å². The second-order valence-corrected chi connectivity index (χ2v) is 7.03. The summed E-state index contributed by atoms with van der Waals surface area (Å²) in [5.74, 6) is 2.56. The van der Waals surface area contributed by atoms with Crippen LogP contribution in [0.2, 0.25) is 0 Å². The molecule has 1 aromatic carbocycles. The predicted octanol–water partition coefficient (Wildman–Crippen LogP) is 2.50. The molecule has 0 saturated carbocycles. The number of hydrogen-bond acceptors (Lipinski definition) is 4. The SMILES string of the molecule is COCCCNC(=NCc1nnc(C)n1C)N(C)Cc1ccc(Br)cc1. The van der Waals surface area contributed by atoms with E-state index >= 15 is 0 Å². The molecule has 2 aromatic rings. The molecule has 0 aliphatic heterocycles. The Morgan fingerprint density at radius 3 is 2.65 bits per heavy atom. The maximum atomic E-state index is 5.12. The normalized spacial score (nSPS) is 11.7. The topological polar surface area (TPSA) is 67.6 Å². The van der Waals surface area contributed by atoms with Crippen LogP contribution >= 0.6 is 15.9 Å². The maximum absolute atomic E-state index is 5.12. The van der Waals surface area contributed by atoms with Crippen molar-refractivity contribution in [2.24, 2.45) is 12.0 Å². The zero-order chi connectivity index (χ0) is 18.9. The van der Waals surface area contributed by atoms with E-state index in [9.17, 15) is 0 Å². The standard InChI is InChI=1S/C18H27BrN6O/c1-14-22-23-17(25(14)3)12-21-18(20-10-5-11-26-4)24(2)13-15-6-8-16(19)9-7-15/h6-9H,5,10-13H2,1-4H3,(H,20,21). The third-order valence-electron chi connectivity index (χ3n) is 4.06. The fourth-order valence-electron chi connectivity index (χ4n) is 2.40. The van der Waals surface area contributed by atoms with Crippen molar-refractivity contribution >= 4 is 21.9 Å². The number of nitrogens with one attached hydrogen (secondary N) is 1. The van der Waals surface area contributed by atoms with E-state index in [4.69, 9.17) is 9.73 Å². The van der Waals surface area contributed by atoms with Crippen LogP contribution in [0.3, 0.4) is 0 Å². The van der Waals surface area contributed by atoms with Crippen molar-refractivity contribution in [2.45, 2.75) is 26.4 Å². The summed E-state index contributed by atoms with van der Waals surface area (Å²) in [6, 6.07) is 8.31. The molecule has 8 heteroatoms. The Morgan fingerprint density at radius 1 is 1.31 bits per heavy atom. The number of aromatic nitrogens is 3. The van der Waals surface area contributed by atoms with Gasteiger partial charge in [-0.15, -0.1) is 10.2 Å². The van der Waals surface area contributed by atoms with Gasteiger partial charge in [0.15, 0.2) is 11.8 Å². The Bertz CT molecular complexity index is 713. The number of ether oxygens (including phenoxy) is 1. The summed E-state index contributed by atoms with van der Waals surface area (Å²) in [5, 5.41) is 11.7. The number of hydrogen-bond donors (Lipinski definition) is 1. The molecule has 1 aromatic heterocycles. The lowest BCUT2D eigenvalue weighted by Gasteiger charge is -2.22. The Morgan fingerprint density at radius 2 is 2.04 bits per heavy atom. The lowest BCUT2D eigenvalue weighted by Crippen LogP contribution is -2.39. The highest BCUT2D eigenvalue weighted by molar-refractivity contribution is 9.10. The van der Waals surface area contributed by atoms with Gasteiger partial charge in [-0.1, -0.05) is 28.1 Å². The molecule has 0 aliphatic carbocycles. The molecule has 0 spiro atoms. The molecule has 0 saturated heterocycles. The summed E-state index contributed by atoms with van der Waals surface area (Å²) in [7, 11) is 5.70. The first kappa shape index (κ1) is 20.4. The van der Waals surface area contributed by atoms with Crippen LogP contribution in [0.15, 0.2) is 33.7 Å². The van der Waals surface area contributed by atoms with Crippen LogP contribution in [-0.4, -0.2) is 52.9 Å². The van der Waals surface area contributed by atoms with Gasteiger partial charge in [0, 0.05) is 45.4 Å². The van der Waals surface area contributed by atoms with E-state index in [1.54, 1.807) is 7.11 Å². The van der Waals surface area contributed by atoms with Crippen molar-refractivity contribution in [2.75, 3.05) is 27.3 Å². The molecule has 0 unspecified atom stereocenters. The summed E-state index contributed by atoms with van der Waals surface area (Å²) < 4.78 is 8.16. The Hall–Kier alpha value is -1.93. The zero-order valence-electron chi connectivity index (χ0n) is 15.9. The molecule has 0 aliphatic rings. The summed E-state index contributed by atoms with van der Waals surface area (Å²) in [6.45, 7) is 4.70. The van der Waals surface area contributed by atoms with Gasteiger partial charge in [-0.25, -0.2) is 4.99 Å². The number of halogens is 1. The van der Waals surface area contributed by atoms with Crippen molar-refractivity contribution in [1.82, 2.24) is 25.0 Å². The van der Waals surface area contributed by atoms with Gasteiger partial charge in [0.1, 0.15) is 12.4 Å². The molecule has 0 bridgehead atoms. The molecule has 1 N–H and O–H groups in total. The molecule has 0 amide bonds. The van der Waals surface area contributed by atoms with E-state index in [0.717, 1.165) is 48.2 Å². The first-order valence-corrected chi connectivity index (χ1v) is 9.38. The van der Waals surface area contributed by atoms with Gasteiger partial charge in [-0.3, -0.25) is 0 Å². The van der Waals surface area contributed by atoms with E-state index in [1.807, 2.05) is 37.7 Å². The minimum absolute atomic E-state index is 0.481. The minimum atomic E-state index is 0.481. The largest absolute Gasteiger partial charge is 0.385 e. The van der Waals surface area contributed by atoms with Gasteiger partial charge in [0.05, 0.1) is 0 Å². The monoisotopic (exact) mass is 422 g/mol. The van der Waals surface area contributed by atoms with E-state index in [2.05, 4.69) is 48.5 Å². The molecule has 0 fully saturated rings. The Balaban J connectivity index is 2.06. The minimum Gasteiger partial charge on any atom is -0.385 e. The highest BCUT2D eigenvalue weighted by Gasteiger charge is 2.09. The van der Waals surface area contributed by atoms with Crippen LogP contribution in [0.5, 0.6) is 0 Å². The smallest absolute Gasteiger partial charge is 0.194 e. The van der Waals surface area contributed by atoms with Crippen LogP contribution < -0.4 is 5.32 Å². The number of benzene rings is 1. The number of aryl methyl sites for hydroxylation is 1. The molecule has 0 radical (unpaired) electrons. The van der Waals surface area contributed by atoms with Gasteiger partial charge < -0.3 is 19.5 Å². The lowest BCUT2D eigenvalue weighted by molar-refractivity contribution is 0.195. The Labute approximate surface area is 163 Å². The summed E-state index contributed by atoms with van der Waals surface area (Å²) >= 11 is 3.47. The van der Waals surface area contributed by atoms with Gasteiger partial charge in [0.25, 0.3) is 0 Å². The third kappa shape index (κ3) is 6.10. The molecule has 7 nitrogen and oxygen atoms in total. The van der Waals surface area contributed by atoms with Crippen LogP contribution in [-0.2, 0) is 24.9 Å². The van der Waals surface area contributed by atoms with Crippen LogP contribution in [0.4, 0.5) is 0 Å². The number of rotatable bonds is 8. The molecule has 26 heavy (non-hydrogen) atoms. The van der Waals surface area contributed by atoms with E-state index < -0.39 is 0 Å². The molecule has 2 rings (SSSR count). The third-order valence-corrected chi connectivity index (χ3v) is 4.58. The van der Waals surface area contributed by atoms with Gasteiger partial charge in [0.2, 0.25) is 0 Å². The van der Waals surface area contributed by atoms with Crippen molar-refractivity contribution in [3.63, 3.8) is 0 Å². The van der Waals surface area contributed by atoms with Gasteiger partial charge in [-0.05, 0) is 31.0 Å². The van der Waals surface area contributed by atoms with Gasteiger partial charge in [-0.2, -0.15) is 0 Å². The molecule has 1 heterocycles. The lowest BCUT2D eigenvalue weighted by atomic mass is 10.2. The number of nitrogens with zero attached hydrogens (tertiary/aromatic N) is 5. The number of guanidine groups is 1. The van der Waals surface area contributed by atoms with E-state index in [0.29, 0.717) is 6.54 Å². The van der Waals surface area contributed by atoms with E-state index in [-0.39, 0.29) is 0 Å². The second kappa shape index (κ2) is 10.3. The average molecular weight is 423 g/mol. The zero-order valence-corrected chi connectivity index (χ0v) is 17.5. The molecular formula is C18H27BrN6O. The second-order valence-electron chi connectivity index (χ2n) is 6.12.